The minimum absolute atomic E-state index is 0.0617. The number of nitrogens with zero attached hydrogens (tertiary/aromatic N) is 1. The number of halogens is 2. The van der Waals surface area contributed by atoms with E-state index >= 15 is 0 Å². The molecule has 19 heavy (non-hydrogen) atoms. The highest BCUT2D eigenvalue weighted by Gasteiger charge is 2.09. The number of benzene rings is 2. The molecule has 2 aromatic carbocycles. The van der Waals surface area contributed by atoms with Crippen molar-refractivity contribution in [1.29, 1.82) is 5.26 Å². The Morgan fingerprint density at radius 2 is 2.00 bits per heavy atom. The molecule has 2 rings (SSSR count). The molecule has 0 atom stereocenters. The van der Waals surface area contributed by atoms with Crippen LogP contribution in [0.1, 0.15) is 11.1 Å². The first kappa shape index (κ1) is 12.8. The van der Waals surface area contributed by atoms with E-state index in [1.807, 2.05) is 0 Å². The van der Waals surface area contributed by atoms with Crippen molar-refractivity contribution in [3.05, 3.63) is 59.2 Å². The van der Waals surface area contributed by atoms with Gasteiger partial charge >= 0.3 is 0 Å². The molecule has 0 bridgehead atoms. The van der Waals surface area contributed by atoms with Crippen molar-refractivity contribution in [3.63, 3.8) is 0 Å². The van der Waals surface area contributed by atoms with Crippen molar-refractivity contribution in [2.45, 2.75) is 6.61 Å². The van der Waals surface area contributed by atoms with Gasteiger partial charge in [0.05, 0.1) is 11.3 Å². The summed E-state index contributed by atoms with van der Waals surface area (Å²) in [7, 11) is 0. The number of anilines is 1. The zero-order valence-electron chi connectivity index (χ0n) is 9.86. The summed E-state index contributed by atoms with van der Waals surface area (Å²) in [6.45, 7) is -0.130. The van der Waals surface area contributed by atoms with Crippen LogP contribution in [0, 0.1) is 23.0 Å². The molecule has 0 fully saturated rings. The molecule has 0 spiro atoms. The first-order chi connectivity index (χ1) is 9.11. The van der Waals surface area contributed by atoms with E-state index in [0.717, 1.165) is 6.07 Å². The molecule has 0 aliphatic heterocycles. The first-order valence-corrected chi connectivity index (χ1v) is 5.47. The molecule has 2 aromatic rings. The topological polar surface area (TPSA) is 59.0 Å². The van der Waals surface area contributed by atoms with E-state index in [1.54, 1.807) is 12.1 Å². The van der Waals surface area contributed by atoms with Crippen LogP contribution in [-0.2, 0) is 6.61 Å². The lowest BCUT2D eigenvalue weighted by Crippen LogP contribution is -2.02. The monoisotopic (exact) mass is 260 g/mol. The van der Waals surface area contributed by atoms with Crippen LogP contribution < -0.4 is 10.5 Å². The predicted molar refractivity (Wildman–Crippen MR) is 66.3 cm³/mol. The van der Waals surface area contributed by atoms with Gasteiger partial charge < -0.3 is 10.5 Å². The van der Waals surface area contributed by atoms with Crippen molar-refractivity contribution < 1.29 is 13.5 Å². The minimum atomic E-state index is -0.639. The van der Waals surface area contributed by atoms with Gasteiger partial charge in [0, 0.05) is 11.6 Å². The molecular weight excluding hydrogens is 250 g/mol. The summed E-state index contributed by atoms with van der Waals surface area (Å²) in [5.74, 6) is -0.989. The van der Waals surface area contributed by atoms with Crippen LogP contribution in [0.4, 0.5) is 14.5 Å². The van der Waals surface area contributed by atoms with Gasteiger partial charge in [-0.2, -0.15) is 5.26 Å². The van der Waals surface area contributed by atoms with Crippen molar-refractivity contribution in [1.82, 2.24) is 0 Å². The highest BCUT2D eigenvalue weighted by Crippen LogP contribution is 2.23. The van der Waals surface area contributed by atoms with Crippen LogP contribution in [0.2, 0.25) is 0 Å². The molecule has 0 aliphatic rings. The number of hydrogen-bond donors (Lipinski definition) is 1. The van der Waals surface area contributed by atoms with E-state index < -0.39 is 11.6 Å². The summed E-state index contributed by atoms with van der Waals surface area (Å²) in [6, 6.07) is 9.85. The fourth-order valence-electron chi connectivity index (χ4n) is 1.57. The Kier molecular flexibility index (Phi) is 3.62. The van der Waals surface area contributed by atoms with Crippen LogP contribution in [0.15, 0.2) is 36.4 Å². The van der Waals surface area contributed by atoms with Gasteiger partial charge in [0.2, 0.25) is 0 Å². The molecule has 0 saturated carbocycles. The van der Waals surface area contributed by atoms with Gasteiger partial charge in [-0.3, -0.25) is 0 Å². The second-order valence-corrected chi connectivity index (χ2v) is 3.86. The largest absolute Gasteiger partial charge is 0.487 e. The molecule has 0 heterocycles. The molecule has 0 aliphatic carbocycles. The Morgan fingerprint density at radius 3 is 2.74 bits per heavy atom. The molecule has 0 saturated heterocycles. The third-order valence-corrected chi connectivity index (χ3v) is 2.56. The maximum atomic E-state index is 13.7. The van der Waals surface area contributed by atoms with Gasteiger partial charge in [0.15, 0.2) is 0 Å². The van der Waals surface area contributed by atoms with E-state index in [9.17, 15) is 8.78 Å². The molecule has 0 radical (unpaired) electrons. The van der Waals surface area contributed by atoms with E-state index in [2.05, 4.69) is 0 Å². The Hall–Kier alpha value is -2.61. The Morgan fingerprint density at radius 1 is 1.21 bits per heavy atom. The SMILES string of the molecule is N#Cc1cccc(COc2cc(F)ccc2N)c1F. The Balaban J connectivity index is 2.20. The summed E-state index contributed by atoms with van der Waals surface area (Å²) in [6.07, 6.45) is 0. The molecule has 0 amide bonds. The lowest BCUT2D eigenvalue weighted by Gasteiger charge is -2.10. The van der Waals surface area contributed by atoms with Gasteiger partial charge in [0.25, 0.3) is 0 Å². The fourth-order valence-corrected chi connectivity index (χ4v) is 1.57. The third kappa shape index (κ3) is 2.80. The van der Waals surface area contributed by atoms with Gasteiger partial charge in [-0.25, -0.2) is 8.78 Å². The number of nitriles is 1. The van der Waals surface area contributed by atoms with Crippen LogP contribution in [0.3, 0.4) is 0 Å². The van der Waals surface area contributed by atoms with Gasteiger partial charge in [0.1, 0.15) is 30.1 Å². The summed E-state index contributed by atoms with van der Waals surface area (Å²) in [5.41, 5.74) is 6.02. The van der Waals surface area contributed by atoms with Crippen LogP contribution in [-0.4, -0.2) is 0 Å². The molecule has 0 aromatic heterocycles. The Bertz CT molecular complexity index is 650. The first-order valence-electron chi connectivity index (χ1n) is 5.47. The average Bonchev–Trinajstić information content (AvgIpc) is 2.41. The summed E-state index contributed by atoms with van der Waals surface area (Å²) >= 11 is 0. The molecule has 5 heteroatoms. The molecule has 2 N–H and O–H groups in total. The summed E-state index contributed by atoms with van der Waals surface area (Å²) < 4.78 is 32.0. The fraction of sp³-hybridized carbons (Fsp3) is 0.0714. The van der Waals surface area contributed by atoms with Crippen LogP contribution >= 0.6 is 0 Å². The summed E-state index contributed by atoms with van der Waals surface area (Å²) in [5, 5.41) is 8.71. The lowest BCUT2D eigenvalue weighted by molar-refractivity contribution is 0.300. The normalized spacial score (nSPS) is 9.95. The number of hydrogen-bond acceptors (Lipinski definition) is 3. The second-order valence-electron chi connectivity index (χ2n) is 3.86. The number of nitrogens with two attached hydrogens (primary N) is 1. The molecule has 3 nitrogen and oxygen atoms in total. The van der Waals surface area contributed by atoms with Crippen molar-refractivity contribution in [2.24, 2.45) is 0 Å². The number of rotatable bonds is 3. The molecular formula is C14H10F2N2O. The van der Waals surface area contributed by atoms with Crippen LogP contribution in [0.25, 0.3) is 0 Å². The van der Waals surface area contributed by atoms with Crippen LogP contribution in [0.5, 0.6) is 5.75 Å². The smallest absolute Gasteiger partial charge is 0.147 e. The minimum Gasteiger partial charge on any atom is -0.487 e. The third-order valence-electron chi connectivity index (χ3n) is 2.56. The second kappa shape index (κ2) is 5.36. The quantitative estimate of drug-likeness (QED) is 0.863. The highest BCUT2D eigenvalue weighted by molar-refractivity contribution is 5.52. The van der Waals surface area contributed by atoms with Crippen molar-refractivity contribution in [2.75, 3.05) is 5.73 Å². The van der Waals surface area contributed by atoms with E-state index in [4.69, 9.17) is 15.7 Å². The predicted octanol–water partition coefficient (Wildman–Crippen LogP) is 3.00. The van der Waals surface area contributed by atoms with Gasteiger partial charge in [-0.1, -0.05) is 12.1 Å². The zero-order chi connectivity index (χ0) is 13.8. The highest BCUT2D eigenvalue weighted by atomic mass is 19.1. The molecule has 96 valence electrons. The average molecular weight is 260 g/mol. The van der Waals surface area contributed by atoms with Crippen molar-refractivity contribution in [3.8, 4) is 11.8 Å². The Labute approximate surface area is 108 Å². The molecule has 0 unspecified atom stereocenters. The van der Waals surface area contributed by atoms with E-state index in [-0.39, 0.29) is 29.2 Å². The zero-order valence-corrected chi connectivity index (χ0v) is 9.86. The maximum Gasteiger partial charge on any atom is 0.147 e. The standard InChI is InChI=1S/C14H10F2N2O/c15-11-4-5-12(18)13(6-11)19-8-10-3-1-2-9(7-17)14(10)16/h1-6H,8,18H2. The maximum absolute atomic E-state index is 13.7. The van der Waals surface area contributed by atoms with Crippen molar-refractivity contribution >= 4 is 5.69 Å². The lowest BCUT2D eigenvalue weighted by atomic mass is 10.1. The number of ether oxygens (including phenoxy) is 1. The van der Waals surface area contributed by atoms with Gasteiger partial charge in [-0.05, 0) is 18.2 Å². The number of nitrogen functional groups attached to an aromatic ring is 1. The summed E-state index contributed by atoms with van der Waals surface area (Å²) in [4.78, 5) is 0. The van der Waals surface area contributed by atoms with Gasteiger partial charge in [-0.15, -0.1) is 0 Å². The van der Waals surface area contributed by atoms with E-state index in [0.29, 0.717) is 0 Å². The van der Waals surface area contributed by atoms with E-state index in [1.165, 1.54) is 24.3 Å².